The average molecular weight is 313 g/mol. The van der Waals surface area contributed by atoms with Gasteiger partial charge in [0.2, 0.25) is 0 Å². The first-order valence-electron chi connectivity index (χ1n) is 8.88. The van der Waals surface area contributed by atoms with Gasteiger partial charge >= 0.3 is 0 Å². The Morgan fingerprint density at radius 1 is 1.14 bits per heavy atom. The van der Waals surface area contributed by atoms with Gasteiger partial charge in [-0.2, -0.15) is 0 Å². The molecule has 0 saturated carbocycles. The van der Waals surface area contributed by atoms with Crippen molar-refractivity contribution in [2.24, 2.45) is 16.8 Å². The van der Waals surface area contributed by atoms with Crippen LogP contribution in [-0.4, -0.2) is 62.8 Å². The molecule has 1 rings (SSSR count). The lowest BCUT2D eigenvalue weighted by atomic mass is 10.0. The molecule has 1 saturated heterocycles. The minimum absolute atomic E-state index is 0.490. The summed E-state index contributed by atoms with van der Waals surface area (Å²) in [6.45, 7) is 17.6. The lowest BCUT2D eigenvalue weighted by Gasteiger charge is -2.36. The Labute approximate surface area is 136 Å². The summed E-state index contributed by atoms with van der Waals surface area (Å²) in [6, 6.07) is 0.490. The number of ether oxygens (including phenoxy) is 1. The van der Waals surface area contributed by atoms with E-state index in [9.17, 15) is 0 Å². The van der Waals surface area contributed by atoms with E-state index in [-0.39, 0.29) is 0 Å². The molecular formula is C17H36N4O. The number of morpholine rings is 1. The zero-order chi connectivity index (χ0) is 16.4. The summed E-state index contributed by atoms with van der Waals surface area (Å²) in [5.74, 6) is 2.26. The van der Waals surface area contributed by atoms with Crippen molar-refractivity contribution in [1.82, 2.24) is 15.5 Å². The van der Waals surface area contributed by atoms with Gasteiger partial charge in [-0.05, 0) is 25.2 Å². The first kappa shape index (κ1) is 19.2. The van der Waals surface area contributed by atoms with Gasteiger partial charge in [-0.3, -0.25) is 9.89 Å². The Bertz CT molecular complexity index is 312. The molecule has 22 heavy (non-hydrogen) atoms. The lowest BCUT2D eigenvalue weighted by Crippen LogP contribution is -2.48. The number of hydrogen-bond acceptors (Lipinski definition) is 3. The SMILES string of the molecule is CCNC(=NCC(C(C)C)N1CCOCC1)NCCC(C)C. The maximum atomic E-state index is 5.47. The van der Waals surface area contributed by atoms with E-state index in [1.807, 2.05) is 0 Å². The summed E-state index contributed by atoms with van der Waals surface area (Å²) in [6.07, 6.45) is 1.17. The molecule has 0 amide bonds. The molecule has 0 aromatic rings. The Balaban J connectivity index is 2.55. The fraction of sp³-hybridized carbons (Fsp3) is 0.941. The molecule has 1 aliphatic rings. The van der Waals surface area contributed by atoms with Crippen molar-refractivity contribution < 1.29 is 4.74 Å². The molecule has 1 fully saturated rings. The van der Waals surface area contributed by atoms with E-state index in [1.165, 1.54) is 6.42 Å². The Hall–Kier alpha value is -0.810. The summed E-state index contributed by atoms with van der Waals surface area (Å²) in [4.78, 5) is 7.34. The van der Waals surface area contributed by atoms with Crippen LogP contribution in [0.3, 0.4) is 0 Å². The third-order valence-electron chi connectivity index (χ3n) is 4.08. The molecule has 0 radical (unpaired) electrons. The van der Waals surface area contributed by atoms with Gasteiger partial charge in [0.15, 0.2) is 5.96 Å². The first-order valence-corrected chi connectivity index (χ1v) is 8.88. The molecule has 2 N–H and O–H groups in total. The van der Waals surface area contributed by atoms with Gasteiger partial charge in [0.25, 0.3) is 0 Å². The van der Waals surface area contributed by atoms with Gasteiger partial charge in [0.05, 0.1) is 19.8 Å². The number of aliphatic imine (C=N–C) groups is 1. The highest BCUT2D eigenvalue weighted by atomic mass is 16.5. The number of rotatable bonds is 8. The standard InChI is InChI=1S/C17H36N4O/c1-6-18-17(19-8-7-14(2)3)20-13-16(15(4)5)21-9-11-22-12-10-21/h14-16H,6-13H2,1-5H3,(H2,18,19,20). The van der Waals surface area contributed by atoms with Crippen molar-refractivity contribution in [2.45, 2.75) is 47.1 Å². The van der Waals surface area contributed by atoms with Crippen LogP contribution in [0, 0.1) is 11.8 Å². The van der Waals surface area contributed by atoms with Crippen LogP contribution >= 0.6 is 0 Å². The topological polar surface area (TPSA) is 48.9 Å². The molecule has 1 atom stereocenters. The number of nitrogens with one attached hydrogen (secondary N) is 2. The Kier molecular flexibility index (Phi) is 9.48. The number of guanidine groups is 1. The quantitative estimate of drug-likeness (QED) is 0.531. The van der Waals surface area contributed by atoms with Crippen LogP contribution in [-0.2, 0) is 4.74 Å². The number of nitrogens with zero attached hydrogens (tertiary/aromatic N) is 2. The van der Waals surface area contributed by atoms with Crippen LogP contribution in [0.5, 0.6) is 0 Å². The van der Waals surface area contributed by atoms with Crippen molar-refractivity contribution in [3.63, 3.8) is 0 Å². The van der Waals surface area contributed by atoms with Crippen LogP contribution in [0.2, 0.25) is 0 Å². The monoisotopic (exact) mass is 312 g/mol. The van der Waals surface area contributed by atoms with Gasteiger partial charge in [0.1, 0.15) is 0 Å². The lowest BCUT2D eigenvalue weighted by molar-refractivity contribution is 0.00867. The molecule has 5 nitrogen and oxygen atoms in total. The molecule has 0 aromatic heterocycles. The predicted molar refractivity (Wildman–Crippen MR) is 94.5 cm³/mol. The van der Waals surface area contributed by atoms with Crippen molar-refractivity contribution in [1.29, 1.82) is 0 Å². The highest BCUT2D eigenvalue weighted by molar-refractivity contribution is 5.79. The maximum absolute atomic E-state index is 5.47. The van der Waals surface area contributed by atoms with E-state index in [4.69, 9.17) is 9.73 Å². The molecular weight excluding hydrogens is 276 g/mol. The highest BCUT2D eigenvalue weighted by Gasteiger charge is 2.23. The van der Waals surface area contributed by atoms with Crippen LogP contribution in [0.15, 0.2) is 4.99 Å². The van der Waals surface area contributed by atoms with E-state index in [0.29, 0.717) is 17.9 Å². The van der Waals surface area contributed by atoms with E-state index in [2.05, 4.69) is 50.2 Å². The van der Waals surface area contributed by atoms with Gasteiger partial charge in [-0.15, -0.1) is 0 Å². The minimum atomic E-state index is 0.490. The molecule has 1 aliphatic heterocycles. The fourth-order valence-corrected chi connectivity index (χ4v) is 2.66. The number of hydrogen-bond donors (Lipinski definition) is 2. The summed E-state index contributed by atoms with van der Waals surface area (Å²) >= 11 is 0. The van der Waals surface area contributed by atoms with E-state index >= 15 is 0 Å². The zero-order valence-electron chi connectivity index (χ0n) is 15.2. The summed E-state index contributed by atoms with van der Waals surface area (Å²) < 4.78 is 5.47. The summed E-state index contributed by atoms with van der Waals surface area (Å²) in [5.41, 5.74) is 0. The largest absolute Gasteiger partial charge is 0.379 e. The molecule has 0 aliphatic carbocycles. The fourth-order valence-electron chi connectivity index (χ4n) is 2.66. The highest BCUT2D eigenvalue weighted by Crippen LogP contribution is 2.13. The Morgan fingerprint density at radius 3 is 2.36 bits per heavy atom. The van der Waals surface area contributed by atoms with Crippen molar-refractivity contribution in [3.05, 3.63) is 0 Å². The van der Waals surface area contributed by atoms with Crippen LogP contribution in [0.4, 0.5) is 0 Å². The molecule has 130 valence electrons. The van der Waals surface area contributed by atoms with Crippen molar-refractivity contribution in [3.8, 4) is 0 Å². The molecule has 0 aromatic carbocycles. The first-order chi connectivity index (χ1) is 10.5. The van der Waals surface area contributed by atoms with Crippen LogP contribution < -0.4 is 10.6 Å². The van der Waals surface area contributed by atoms with Gasteiger partial charge in [0, 0.05) is 32.2 Å². The van der Waals surface area contributed by atoms with E-state index < -0.39 is 0 Å². The molecule has 1 heterocycles. The predicted octanol–water partition coefficient (Wildman–Crippen LogP) is 1.94. The average Bonchev–Trinajstić information content (AvgIpc) is 2.47. The third-order valence-corrected chi connectivity index (χ3v) is 4.08. The van der Waals surface area contributed by atoms with Crippen LogP contribution in [0.25, 0.3) is 0 Å². The van der Waals surface area contributed by atoms with Gasteiger partial charge in [-0.1, -0.05) is 27.7 Å². The van der Waals surface area contributed by atoms with E-state index in [0.717, 1.165) is 51.9 Å². The Morgan fingerprint density at radius 2 is 1.82 bits per heavy atom. The normalized spacial score (nSPS) is 18.8. The molecule has 0 spiro atoms. The summed E-state index contributed by atoms with van der Waals surface area (Å²) in [7, 11) is 0. The second kappa shape index (κ2) is 10.8. The minimum Gasteiger partial charge on any atom is -0.379 e. The van der Waals surface area contributed by atoms with Gasteiger partial charge in [-0.25, -0.2) is 0 Å². The van der Waals surface area contributed by atoms with Crippen LogP contribution in [0.1, 0.15) is 41.0 Å². The summed E-state index contributed by atoms with van der Waals surface area (Å²) in [5, 5.41) is 6.79. The third kappa shape index (κ3) is 7.45. The molecule has 5 heteroatoms. The maximum Gasteiger partial charge on any atom is 0.191 e. The van der Waals surface area contributed by atoms with E-state index in [1.54, 1.807) is 0 Å². The molecule has 0 bridgehead atoms. The van der Waals surface area contributed by atoms with Crippen molar-refractivity contribution >= 4 is 5.96 Å². The van der Waals surface area contributed by atoms with Crippen molar-refractivity contribution in [2.75, 3.05) is 45.9 Å². The second-order valence-electron chi connectivity index (χ2n) is 6.79. The second-order valence-corrected chi connectivity index (χ2v) is 6.79. The zero-order valence-corrected chi connectivity index (χ0v) is 15.2. The molecule has 1 unspecified atom stereocenters. The smallest absolute Gasteiger partial charge is 0.191 e. The van der Waals surface area contributed by atoms with Gasteiger partial charge < -0.3 is 15.4 Å².